The first kappa shape index (κ1) is 13.7. The van der Waals surface area contributed by atoms with Gasteiger partial charge < -0.3 is 15.4 Å². The Morgan fingerprint density at radius 1 is 1.42 bits per heavy atom. The van der Waals surface area contributed by atoms with E-state index in [1.165, 1.54) is 0 Å². The molecule has 0 amide bonds. The molecule has 0 spiro atoms. The van der Waals surface area contributed by atoms with Gasteiger partial charge in [-0.3, -0.25) is 4.79 Å². The Labute approximate surface area is 111 Å². The zero-order chi connectivity index (χ0) is 13.7. The summed E-state index contributed by atoms with van der Waals surface area (Å²) in [5.41, 5.74) is 0.609. The molecule has 0 saturated heterocycles. The molecule has 3 N–H and O–H groups in total. The van der Waals surface area contributed by atoms with E-state index in [1.54, 1.807) is 6.07 Å². The van der Waals surface area contributed by atoms with Crippen LogP contribution in [0.25, 0.3) is 10.9 Å². The number of aromatic nitrogens is 2. The van der Waals surface area contributed by atoms with Crippen molar-refractivity contribution in [1.82, 2.24) is 15.3 Å². The second-order valence-corrected chi connectivity index (χ2v) is 4.78. The summed E-state index contributed by atoms with van der Waals surface area (Å²) in [5.74, 6) is 1.04. The molecule has 0 bridgehead atoms. The number of aliphatic hydroxyl groups excluding tert-OH is 1. The third kappa shape index (κ3) is 3.62. The molecule has 1 aromatic heterocycles. The molecule has 2 aromatic rings. The van der Waals surface area contributed by atoms with Crippen LogP contribution in [-0.4, -0.2) is 28.2 Å². The van der Waals surface area contributed by atoms with Gasteiger partial charge in [0.25, 0.3) is 5.56 Å². The smallest absolute Gasteiger partial charge is 0.258 e. The van der Waals surface area contributed by atoms with Gasteiger partial charge in [-0.05, 0) is 31.0 Å². The third-order valence-electron chi connectivity index (χ3n) is 3.07. The summed E-state index contributed by atoms with van der Waals surface area (Å²) in [6, 6.07) is 7.30. The lowest BCUT2D eigenvalue weighted by molar-refractivity contribution is 0.260. The van der Waals surface area contributed by atoms with Crippen LogP contribution < -0.4 is 10.9 Å². The molecule has 0 aliphatic carbocycles. The molecule has 5 heteroatoms. The highest BCUT2D eigenvalue weighted by molar-refractivity contribution is 5.77. The second kappa shape index (κ2) is 6.45. The van der Waals surface area contributed by atoms with Crippen LogP contribution in [0.3, 0.4) is 0 Å². The molecule has 1 atom stereocenters. The second-order valence-electron chi connectivity index (χ2n) is 4.78. The molecule has 0 radical (unpaired) electrons. The number of para-hydroxylation sites is 1. The zero-order valence-electron chi connectivity index (χ0n) is 11.0. The molecule has 102 valence electrons. The van der Waals surface area contributed by atoms with Crippen LogP contribution in [0, 0.1) is 5.92 Å². The van der Waals surface area contributed by atoms with Crippen molar-refractivity contribution in [3.8, 4) is 0 Å². The highest BCUT2D eigenvalue weighted by Gasteiger charge is 2.04. The van der Waals surface area contributed by atoms with Crippen molar-refractivity contribution in [3.05, 3.63) is 40.4 Å². The summed E-state index contributed by atoms with van der Waals surface area (Å²) < 4.78 is 0. The molecule has 5 nitrogen and oxygen atoms in total. The number of hydrogen-bond donors (Lipinski definition) is 3. The van der Waals surface area contributed by atoms with E-state index in [2.05, 4.69) is 22.2 Å². The molecule has 0 saturated carbocycles. The minimum Gasteiger partial charge on any atom is -0.396 e. The molecule has 0 fully saturated rings. The van der Waals surface area contributed by atoms with Crippen LogP contribution >= 0.6 is 0 Å². The molecule has 0 aliphatic rings. The predicted molar refractivity (Wildman–Crippen MR) is 74.9 cm³/mol. The monoisotopic (exact) mass is 261 g/mol. The van der Waals surface area contributed by atoms with E-state index in [0.717, 1.165) is 13.0 Å². The lowest BCUT2D eigenvalue weighted by atomic mass is 10.1. The minimum atomic E-state index is -0.106. The molecule has 2 rings (SSSR count). The number of nitrogens with zero attached hydrogens (tertiary/aromatic N) is 1. The van der Waals surface area contributed by atoms with Gasteiger partial charge in [0.2, 0.25) is 0 Å². The Balaban J connectivity index is 2.03. The van der Waals surface area contributed by atoms with Crippen LogP contribution in [0.1, 0.15) is 19.2 Å². The molecule has 0 aliphatic heterocycles. The first-order chi connectivity index (χ1) is 9.20. The van der Waals surface area contributed by atoms with Gasteiger partial charge in [-0.1, -0.05) is 19.1 Å². The number of nitrogens with one attached hydrogen (secondary N) is 2. The summed E-state index contributed by atoms with van der Waals surface area (Å²) in [6.45, 7) is 3.58. The zero-order valence-corrected chi connectivity index (χ0v) is 11.0. The molecule has 1 unspecified atom stereocenters. The minimum absolute atomic E-state index is 0.106. The number of H-pyrrole nitrogens is 1. The van der Waals surface area contributed by atoms with Gasteiger partial charge in [-0.15, -0.1) is 0 Å². The van der Waals surface area contributed by atoms with Gasteiger partial charge in [0.05, 0.1) is 17.4 Å². The molecule has 1 heterocycles. The number of aliphatic hydroxyl groups is 1. The van der Waals surface area contributed by atoms with Crippen molar-refractivity contribution in [2.45, 2.75) is 19.9 Å². The van der Waals surface area contributed by atoms with Crippen LogP contribution in [0.2, 0.25) is 0 Å². The lowest BCUT2D eigenvalue weighted by Crippen LogP contribution is -2.24. The fourth-order valence-electron chi connectivity index (χ4n) is 1.98. The van der Waals surface area contributed by atoms with Crippen LogP contribution in [0.15, 0.2) is 29.1 Å². The quantitative estimate of drug-likeness (QED) is 0.726. The van der Waals surface area contributed by atoms with Crippen LogP contribution in [0.4, 0.5) is 0 Å². The summed E-state index contributed by atoms with van der Waals surface area (Å²) in [4.78, 5) is 19.0. The Morgan fingerprint density at radius 3 is 3.00 bits per heavy atom. The third-order valence-corrected chi connectivity index (χ3v) is 3.07. The predicted octanol–water partition coefficient (Wildman–Crippen LogP) is 1.03. The standard InChI is InChI=1S/C14H19N3O2/c1-10(6-7-18)8-15-9-13-16-12-5-3-2-4-11(12)14(19)17-13/h2-5,10,15,18H,6-9H2,1H3,(H,16,17,19). The van der Waals surface area contributed by atoms with Crippen molar-refractivity contribution in [1.29, 1.82) is 0 Å². The van der Waals surface area contributed by atoms with Crippen molar-refractivity contribution in [3.63, 3.8) is 0 Å². The molecule has 1 aromatic carbocycles. The van der Waals surface area contributed by atoms with E-state index in [-0.39, 0.29) is 12.2 Å². The SMILES string of the molecule is CC(CCO)CNCc1nc2ccccc2c(=O)[nH]1. The summed E-state index contributed by atoms with van der Waals surface area (Å²) in [7, 11) is 0. The van der Waals surface area contributed by atoms with Crippen molar-refractivity contribution < 1.29 is 5.11 Å². The highest BCUT2D eigenvalue weighted by Crippen LogP contribution is 2.05. The highest BCUT2D eigenvalue weighted by atomic mass is 16.3. The maximum Gasteiger partial charge on any atom is 0.258 e. The van der Waals surface area contributed by atoms with Crippen LogP contribution in [0.5, 0.6) is 0 Å². The van der Waals surface area contributed by atoms with Gasteiger partial charge in [-0.25, -0.2) is 4.98 Å². The van der Waals surface area contributed by atoms with Crippen molar-refractivity contribution >= 4 is 10.9 Å². The van der Waals surface area contributed by atoms with Gasteiger partial charge in [0.15, 0.2) is 0 Å². The Kier molecular flexibility index (Phi) is 4.65. The summed E-state index contributed by atoms with van der Waals surface area (Å²) in [5, 5.41) is 12.7. The summed E-state index contributed by atoms with van der Waals surface area (Å²) >= 11 is 0. The van der Waals surface area contributed by atoms with Gasteiger partial charge in [-0.2, -0.15) is 0 Å². The van der Waals surface area contributed by atoms with Gasteiger partial charge >= 0.3 is 0 Å². The number of benzene rings is 1. The van der Waals surface area contributed by atoms with E-state index >= 15 is 0 Å². The fraction of sp³-hybridized carbons (Fsp3) is 0.429. The van der Waals surface area contributed by atoms with Gasteiger partial charge in [0.1, 0.15) is 5.82 Å². The van der Waals surface area contributed by atoms with Crippen molar-refractivity contribution in [2.75, 3.05) is 13.2 Å². The largest absolute Gasteiger partial charge is 0.396 e. The van der Waals surface area contributed by atoms with E-state index < -0.39 is 0 Å². The Bertz CT molecular complexity index is 595. The number of hydrogen-bond acceptors (Lipinski definition) is 4. The number of fused-ring (bicyclic) bond motifs is 1. The Hall–Kier alpha value is -1.72. The average molecular weight is 261 g/mol. The van der Waals surface area contributed by atoms with E-state index in [4.69, 9.17) is 5.11 Å². The normalized spacial score (nSPS) is 12.7. The van der Waals surface area contributed by atoms with Gasteiger partial charge in [0, 0.05) is 6.61 Å². The maximum atomic E-state index is 11.8. The van der Waals surface area contributed by atoms with E-state index in [1.807, 2.05) is 18.2 Å². The van der Waals surface area contributed by atoms with E-state index in [9.17, 15) is 4.79 Å². The molecule has 19 heavy (non-hydrogen) atoms. The molecular formula is C14H19N3O2. The number of rotatable bonds is 6. The fourth-order valence-corrected chi connectivity index (χ4v) is 1.98. The number of aromatic amines is 1. The molecular weight excluding hydrogens is 242 g/mol. The topological polar surface area (TPSA) is 78.0 Å². The maximum absolute atomic E-state index is 11.8. The Morgan fingerprint density at radius 2 is 2.21 bits per heavy atom. The first-order valence-electron chi connectivity index (χ1n) is 6.50. The van der Waals surface area contributed by atoms with Crippen LogP contribution in [-0.2, 0) is 6.54 Å². The van der Waals surface area contributed by atoms with Crippen molar-refractivity contribution in [2.24, 2.45) is 5.92 Å². The van der Waals surface area contributed by atoms with E-state index in [0.29, 0.717) is 29.2 Å². The lowest BCUT2D eigenvalue weighted by Gasteiger charge is -2.10. The first-order valence-corrected chi connectivity index (χ1v) is 6.50. The average Bonchev–Trinajstić information content (AvgIpc) is 2.39. The summed E-state index contributed by atoms with van der Waals surface area (Å²) in [6.07, 6.45) is 0.772.